The van der Waals surface area contributed by atoms with Crippen LogP contribution >= 0.6 is 15.9 Å². The fourth-order valence-corrected chi connectivity index (χ4v) is 2.06. The molecule has 0 bridgehead atoms. The number of hydrogen-bond donors (Lipinski definition) is 2. The highest BCUT2D eigenvalue weighted by Crippen LogP contribution is 2.19. The van der Waals surface area contributed by atoms with E-state index in [9.17, 15) is 0 Å². The number of halogens is 1. The molecule has 2 N–H and O–H groups in total. The largest absolute Gasteiger partial charge is 0.370 e. The van der Waals surface area contributed by atoms with E-state index >= 15 is 0 Å². The Morgan fingerprint density at radius 3 is 2.50 bits per heavy atom. The van der Waals surface area contributed by atoms with Crippen LogP contribution in [0.25, 0.3) is 0 Å². The summed E-state index contributed by atoms with van der Waals surface area (Å²) in [5, 5.41) is 6.61. The molecule has 1 aromatic carbocycles. The number of nitrogens with zero attached hydrogens (tertiary/aromatic N) is 2. The molecule has 5 heteroatoms. The second-order valence-corrected chi connectivity index (χ2v) is 5.51. The van der Waals surface area contributed by atoms with Gasteiger partial charge in [-0.15, -0.1) is 0 Å². The van der Waals surface area contributed by atoms with Crippen LogP contribution in [0.4, 0.5) is 17.3 Å². The van der Waals surface area contributed by atoms with Gasteiger partial charge in [-0.2, -0.15) is 0 Å². The lowest BCUT2D eigenvalue weighted by atomic mass is 10.3. The zero-order valence-electron chi connectivity index (χ0n) is 11.8. The molecule has 0 spiro atoms. The number of anilines is 3. The van der Waals surface area contributed by atoms with Crippen LogP contribution in [0, 0.1) is 6.92 Å². The molecule has 20 heavy (non-hydrogen) atoms. The van der Waals surface area contributed by atoms with Gasteiger partial charge < -0.3 is 10.6 Å². The molecule has 0 aliphatic carbocycles. The van der Waals surface area contributed by atoms with Gasteiger partial charge in [-0.1, -0.05) is 29.3 Å². The Balaban J connectivity index is 2.09. The van der Waals surface area contributed by atoms with Crippen molar-refractivity contribution < 1.29 is 0 Å². The second kappa shape index (κ2) is 7.24. The first-order chi connectivity index (χ1) is 9.67. The average Bonchev–Trinajstić information content (AvgIpc) is 2.41. The molecule has 1 aromatic heterocycles. The minimum atomic E-state index is 0.756. The maximum absolute atomic E-state index is 4.41. The van der Waals surface area contributed by atoms with E-state index in [1.54, 1.807) is 0 Å². The van der Waals surface area contributed by atoms with Gasteiger partial charge in [0.15, 0.2) is 0 Å². The third-order valence-electron chi connectivity index (χ3n) is 2.79. The minimum Gasteiger partial charge on any atom is -0.370 e. The van der Waals surface area contributed by atoms with Crippen LogP contribution in [0.1, 0.15) is 25.6 Å². The quantitative estimate of drug-likeness (QED) is 0.763. The molecule has 0 aliphatic rings. The summed E-state index contributed by atoms with van der Waals surface area (Å²) >= 11 is 3.43. The van der Waals surface area contributed by atoms with Crippen LogP contribution in [0.5, 0.6) is 0 Å². The average molecular weight is 335 g/mol. The number of rotatable bonds is 6. The number of hydrogen-bond acceptors (Lipinski definition) is 4. The maximum atomic E-state index is 4.41. The van der Waals surface area contributed by atoms with Crippen molar-refractivity contribution in [2.45, 2.75) is 26.7 Å². The Kier molecular flexibility index (Phi) is 5.35. The SMILES string of the molecule is CCCCNc1cc(Nc2ccc(Br)cc2)nc(C)n1. The first-order valence-corrected chi connectivity index (χ1v) is 7.59. The fraction of sp³-hybridized carbons (Fsp3) is 0.333. The van der Waals surface area contributed by atoms with Crippen LogP contribution in [0.3, 0.4) is 0 Å². The molecule has 0 atom stereocenters. The van der Waals surface area contributed by atoms with Crippen molar-refractivity contribution >= 4 is 33.3 Å². The van der Waals surface area contributed by atoms with Crippen molar-refractivity contribution in [3.05, 3.63) is 40.6 Å². The van der Waals surface area contributed by atoms with E-state index in [1.807, 2.05) is 37.3 Å². The van der Waals surface area contributed by atoms with Crippen molar-refractivity contribution in [2.75, 3.05) is 17.2 Å². The first-order valence-electron chi connectivity index (χ1n) is 6.79. The standard InChI is InChI=1S/C15H19BrN4/c1-3-4-9-17-14-10-15(19-11(2)18-14)20-13-7-5-12(16)6-8-13/h5-8,10H,3-4,9H2,1-2H3,(H2,17,18,19,20). The number of nitrogens with one attached hydrogen (secondary N) is 2. The van der Waals surface area contributed by atoms with E-state index in [2.05, 4.69) is 43.5 Å². The Morgan fingerprint density at radius 2 is 1.80 bits per heavy atom. The van der Waals surface area contributed by atoms with E-state index < -0.39 is 0 Å². The molecule has 0 saturated heterocycles. The molecule has 2 aromatic rings. The van der Waals surface area contributed by atoms with Crippen LogP contribution in [0.2, 0.25) is 0 Å². The van der Waals surface area contributed by atoms with Gasteiger partial charge in [0.2, 0.25) is 0 Å². The Morgan fingerprint density at radius 1 is 1.10 bits per heavy atom. The molecular weight excluding hydrogens is 316 g/mol. The maximum Gasteiger partial charge on any atom is 0.136 e. The van der Waals surface area contributed by atoms with Crippen LogP contribution in [-0.4, -0.2) is 16.5 Å². The molecule has 4 nitrogen and oxygen atoms in total. The third-order valence-corrected chi connectivity index (χ3v) is 3.32. The monoisotopic (exact) mass is 334 g/mol. The van der Waals surface area contributed by atoms with Crippen LogP contribution in [0.15, 0.2) is 34.8 Å². The Hall–Kier alpha value is -1.62. The molecule has 106 valence electrons. The van der Waals surface area contributed by atoms with Gasteiger partial charge >= 0.3 is 0 Å². The van der Waals surface area contributed by atoms with E-state index in [-0.39, 0.29) is 0 Å². The lowest BCUT2D eigenvalue weighted by Gasteiger charge is -2.10. The lowest BCUT2D eigenvalue weighted by Crippen LogP contribution is -2.06. The van der Waals surface area contributed by atoms with Crippen molar-refractivity contribution in [3.63, 3.8) is 0 Å². The normalized spacial score (nSPS) is 10.3. The highest BCUT2D eigenvalue weighted by atomic mass is 79.9. The van der Waals surface area contributed by atoms with Crippen molar-refractivity contribution in [2.24, 2.45) is 0 Å². The highest BCUT2D eigenvalue weighted by Gasteiger charge is 2.02. The predicted octanol–water partition coefficient (Wildman–Crippen LogP) is 4.50. The summed E-state index contributed by atoms with van der Waals surface area (Å²) < 4.78 is 1.06. The number of aromatic nitrogens is 2. The molecule has 0 saturated carbocycles. The van der Waals surface area contributed by atoms with Crippen molar-refractivity contribution in [3.8, 4) is 0 Å². The summed E-state index contributed by atoms with van der Waals surface area (Å²) in [6, 6.07) is 9.94. The van der Waals surface area contributed by atoms with Gasteiger partial charge in [-0.3, -0.25) is 0 Å². The van der Waals surface area contributed by atoms with E-state index in [1.165, 1.54) is 6.42 Å². The Bertz CT molecular complexity index is 554. The minimum absolute atomic E-state index is 0.756. The number of benzene rings is 1. The summed E-state index contributed by atoms with van der Waals surface area (Å²) in [4.78, 5) is 8.80. The number of unbranched alkanes of at least 4 members (excludes halogenated alkanes) is 1. The number of aryl methyl sites for hydroxylation is 1. The topological polar surface area (TPSA) is 49.8 Å². The zero-order valence-corrected chi connectivity index (χ0v) is 13.4. The molecule has 1 heterocycles. The molecule has 2 rings (SSSR count). The van der Waals surface area contributed by atoms with E-state index in [0.29, 0.717) is 0 Å². The fourth-order valence-electron chi connectivity index (χ4n) is 1.80. The van der Waals surface area contributed by atoms with Gasteiger partial charge in [-0.05, 0) is 37.6 Å². The van der Waals surface area contributed by atoms with Gasteiger partial charge in [0.25, 0.3) is 0 Å². The smallest absolute Gasteiger partial charge is 0.136 e. The zero-order chi connectivity index (χ0) is 14.4. The van der Waals surface area contributed by atoms with E-state index in [0.717, 1.165) is 40.6 Å². The summed E-state index contributed by atoms with van der Waals surface area (Å²) in [7, 11) is 0. The predicted molar refractivity (Wildman–Crippen MR) is 87.6 cm³/mol. The lowest BCUT2D eigenvalue weighted by molar-refractivity contribution is 0.829. The molecule has 0 radical (unpaired) electrons. The summed E-state index contributed by atoms with van der Waals surface area (Å²) in [6.45, 7) is 5.01. The van der Waals surface area contributed by atoms with Gasteiger partial charge in [0.05, 0.1) is 0 Å². The van der Waals surface area contributed by atoms with Crippen molar-refractivity contribution in [1.29, 1.82) is 0 Å². The van der Waals surface area contributed by atoms with Crippen LogP contribution < -0.4 is 10.6 Å². The highest BCUT2D eigenvalue weighted by molar-refractivity contribution is 9.10. The summed E-state index contributed by atoms with van der Waals surface area (Å²) in [5.74, 6) is 2.43. The van der Waals surface area contributed by atoms with Gasteiger partial charge in [0.1, 0.15) is 17.5 Å². The first kappa shape index (κ1) is 14.8. The molecular formula is C15H19BrN4. The summed E-state index contributed by atoms with van der Waals surface area (Å²) in [6.07, 6.45) is 2.31. The third kappa shape index (κ3) is 4.49. The second-order valence-electron chi connectivity index (χ2n) is 4.60. The molecule has 0 fully saturated rings. The Labute approximate surface area is 128 Å². The van der Waals surface area contributed by atoms with Gasteiger partial charge in [-0.25, -0.2) is 9.97 Å². The van der Waals surface area contributed by atoms with E-state index in [4.69, 9.17) is 0 Å². The van der Waals surface area contributed by atoms with Gasteiger partial charge in [0, 0.05) is 22.8 Å². The molecule has 0 aliphatic heterocycles. The van der Waals surface area contributed by atoms with Crippen LogP contribution in [-0.2, 0) is 0 Å². The molecule has 0 amide bonds. The molecule has 0 unspecified atom stereocenters. The summed E-state index contributed by atoms with van der Waals surface area (Å²) in [5.41, 5.74) is 1.01. The van der Waals surface area contributed by atoms with Crippen molar-refractivity contribution in [1.82, 2.24) is 9.97 Å².